The summed E-state index contributed by atoms with van der Waals surface area (Å²) in [4.78, 5) is 38.3. The van der Waals surface area contributed by atoms with Gasteiger partial charge in [0.1, 0.15) is 6.04 Å². The first-order chi connectivity index (χ1) is 11.6. The molecular formula is C18H23N3O3. The fourth-order valence-corrected chi connectivity index (χ4v) is 3.70. The van der Waals surface area contributed by atoms with E-state index in [0.717, 1.165) is 25.7 Å². The van der Waals surface area contributed by atoms with Crippen LogP contribution in [0.15, 0.2) is 30.3 Å². The minimum absolute atomic E-state index is 0.0392. The number of nitrogens with zero attached hydrogens (tertiary/aromatic N) is 1. The summed E-state index contributed by atoms with van der Waals surface area (Å²) >= 11 is 0. The zero-order chi connectivity index (χ0) is 17.1. The Balaban J connectivity index is 1.65. The van der Waals surface area contributed by atoms with Gasteiger partial charge in [0, 0.05) is 19.0 Å². The number of carbonyl (C=O) groups excluding carboxylic acids is 3. The predicted octanol–water partition coefficient (Wildman–Crippen LogP) is 1.12. The highest BCUT2D eigenvalue weighted by atomic mass is 16.2. The summed E-state index contributed by atoms with van der Waals surface area (Å²) in [6, 6.07) is 8.32. The van der Waals surface area contributed by atoms with Crippen LogP contribution in [-0.4, -0.2) is 35.2 Å². The van der Waals surface area contributed by atoms with Crippen molar-refractivity contribution >= 4 is 17.7 Å². The van der Waals surface area contributed by atoms with Gasteiger partial charge in [-0.25, -0.2) is 0 Å². The maximum absolute atomic E-state index is 12.5. The van der Waals surface area contributed by atoms with Gasteiger partial charge < -0.3 is 16.0 Å². The number of nitrogens with one attached hydrogen (secondary N) is 1. The molecule has 2 fully saturated rings. The Bertz CT molecular complexity index is 626. The number of likely N-dealkylation sites (tertiary alicyclic amines) is 1. The monoisotopic (exact) mass is 329 g/mol. The minimum Gasteiger partial charge on any atom is -0.368 e. The van der Waals surface area contributed by atoms with Gasteiger partial charge in [-0.1, -0.05) is 43.2 Å². The molecule has 2 atom stereocenters. The third kappa shape index (κ3) is 3.42. The number of rotatable bonds is 5. The molecule has 6 heteroatoms. The van der Waals surface area contributed by atoms with Crippen LogP contribution in [-0.2, 0) is 14.4 Å². The molecule has 1 aliphatic carbocycles. The Morgan fingerprint density at radius 2 is 1.83 bits per heavy atom. The number of amides is 3. The van der Waals surface area contributed by atoms with Gasteiger partial charge >= 0.3 is 0 Å². The number of hydrogen-bond acceptors (Lipinski definition) is 3. The zero-order valence-electron chi connectivity index (χ0n) is 13.6. The highest BCUT2D eigenvalue weighted by Crippen LogP contribution is 2.29. The minimum atomic E-state index is -0.866. The predicted molar refractivity (Wildman–Crippen MR) is 88.6 cm³/mol. The maximum atomic E-state index is 12.5. The van der Waals surface area contributed by atoms with Crippen LogP contribution in [0.1, 0.15) is 43.7 Å². The van der Waals surface area contributed by atoms with E-state index in [9.17, 15) is 14.4 Å². The van der Waals surface area contributed by atoms with Gasteiger partial charge in [-0.15, -0.1) is 0 Å². The summed E-state index contributed by atoms with van der Waals surface area (Å²) in [6.45, 7) is 0.440. The Morgan fingerprint density at radius 1 is 1.17 bits per heavy atom. The lowest BCUT2D eigenvalue weighted by atomic mass is 10.0. The standard InChI is InChI=1S/C18H23N3O3/c19-17(23)16(12-6-2-1-3-7-12)20-18(24)13-10-15(22)21(11-13)14-8-4-5-9-14/h1-3,6-7,13-14,16H,4-5,8-11H2,(H2,19,23)(H,20,24). The van der Waals surface area contributed by atoms with Crippen molar-refractivity contribution in [1.82, 2.24) is 10.2 Å². The van der Waals surface area contributed by atoms with Crippen molar-refractivity contribution in [2.24, 2.45) is 11.7 Å². The number of primary amides is 1. The molecule has 1 saturated heterocycles. The second-order valence-corrected chi connectivity index (χ2v) is 6.64. The zero-order valence-corrected chi connectivity index (χ0v) is 13.6. The molecule has 128 valence electrons. The van der Waals surface area contributed by atoms with E-state index in [0.29, 0.717) is 12.1 Å². The molecule has 6 nitrogen and oxygen atoms in total. The first-order valence-electron chi connectivity index (χ1n) is 8.50. The first kappa shape index (κ1) is 16.5. The van der Waals surface area contributed by atoms with Gasteiger partial charge in [0.2, 0.25) is 17.7 Å². The van der Waals surface area contributed by atoms with Gasteiger partial charge in [0.15, 0.2) is 0 Å². The third-order valence-electron chi connectivity index (χ3n) is 5.00. The fraction of sp³-hybridized carbons (Fsp3) is 0.500. The molecule has 3 amide bonds. The smallest absolute Gasteiger partial charge is 0.244 e. The van der Waals surface area contributed by atoms with Crippen LogP contribution in [0.2, 0.25) is 0 Å². The molecule has 0 spiro atoms. The maximum Gasteiger partial charge on any atom is 0.244 e. The summed E-state index contributed by atoms with van der Waals surface area (Å²) in [5, 5.41) is 2.71. The van der Waals surface area contributed by atoms with E-state index >= 15 is 0 Å². The van der Waals surface area contributed by atoms with E-state index in [4.69, 9.17) is 5.73 Å². The Kier molecular flexibility index (Phi) is 4.83. The van der Waals surface area contributed by atoms with E-state index in [1.807, 2.05) is 11.0 Å². The molecule has 2 unspecified atom stereocenters. The Morgan fingerprint density at radius 3 is 2.46 bits per heavy atom. The van der Waals surface area contributed by atoms with Crippen LogP contribution in [0.3, 0.4) is 0 Å². The molecule has 0 bridgehead atoms. The molecule has 0 radical (unpaired) electrons. The van der Waals surface area contributed by atoms with E-state index in [1.165, 1.54) is 0 Å². The molecule has 1 aromatic rings. The van der Waals surface area contributed by atoms with Gasteiger partial charge in [-0.2, -0.15) is 0 Å². The van der Waals surface area contributed by atoms with Crippen molar-refractivity contribution in [2.75, 3.05) is 6.54 Å². The summed E-state index contributed by atoms with van der Waals surface area (Å²) in [7, 11) is 0. The Hall–Kier alpha value is -2.37. The van der Waals surface area contributed by atoms with E-state index in [-0.39, 0.29) is 24.3 Å². The fourth-order valence-electron chi connectivity index (χ4n) is 3.70. The summed E-state index contributed by atoms with van der Waals surface area (Å²) in [5.74, 6) is -1.26. The van der Waals surface area contributed by atoms with Crippen molar-refractivity contribution in [2.45, 2.75) is 44.2 Å². The summed E-state index contributed by atoms with van der Waals surface area (Å²) in [6.07, 6.45) is 4.54. The average Bonchev–Trinajstić information content (AvgIpc) is 3.22. The van der Waals surface area contributed by atoms with E-state index in [1.54, 1.807) is 24.3 Å². The lowest BCUT2D eigenvalue weighted by Gasteiger charge is -2.24. The molecule has 1 aliphatic heterocycles. The average molecular weight is 329 g/mol. The SMILES string of the molecule is NC(=O)C(NC(=O)C1CC(=O)N(C2CCCC2)C1)c1ccccc1. The molecular weight excluding hydrogens is 306 g/mol. The number of carbonyl (C=O) groups is 3. The van der Waals surface area contributed by atoms with Gasteiger partial charge in [0.05, 0.1) is 5.92 Å². The van der Waals surface area contributed by atoms with Gasteiger partial charge in [-0.3, -0.25) is 14.4 Å². The lowest BCUT2D eigenvalue weighted by Crippen LogP contribution is -2.41. The van der Waals surface area contributed by atoms with Crippen LogP contribution in [0.4, 0.5) is 0 Å². The van der Waals surface area contributed by atoms with E-state index in [2.05, 4.69) is 5.32 Å². The quantitative estimate of drug-likeness (QED) is 0.848. The van der Waals surface area contributed by atoms with E-state index < -0.39 is 17.9 Å². The third-order valence-corrected chi connectivity index (χ3v) is 5.00. The number of nitrogens with two attached hydrogens (primary N) is 1. The largest absolute Gasteiger partial charge is 0.368 e. The molecule has 1 saturated carbocycles. The number of benzene rings is 1. The highest BCUT2D eigenvalue weighted by molar-refractivity contribution is 5.92. The summed E-state index contributed by atoms with van der Waals surface area (Å²) < 4.78 is 0. The van der Waals surface area contributed by atoms with Crippen LogP contribution in [0.25, 0.3) is 0 Å². The normalized spacial score (nSPS) is 22.6. The highest BCUT2D eigenvalue weighted by Gasteiger charge is 2.39. The van der Waals surface area contributed by atoms with Crippen molar-refractivity contribution in [3.8, 4) is 0 Å². The van der Waals surface area contributed by atoms with Crippen LogP contribution >= 0.6 is 0 Å². The first-order valence-corrected chi connectivity index (χ1v) is 8.50. The molecule has 3 rings (SSSR count). The van der Waals surface area contributed by atoms with Crippen LogP contribution in [0.5, 0.6) is 0 Å². The van der Waals surface area contributed by atoms with Crippen molar-refractivity contribution in [1.29, 1.82) is 0 Å². The molecule has 0 aromatic heterocycles. The topological polar surface area (TPSA) is 92.5 Å². The second-order valence-electron chi connectivity index (χ2n) is 6.64. The lowest BCUT2D eigenvalue weighted by molar-refractivity contribution is -0.131. The summed E-state index contributed by atoms with van der Waals surface area (Å²) in [5.41, 5.74) is 6.09. The molecule has 1 aromatic carbocycles. The molecule has 24 heavy (non-hydrogen) atoms. The van der Waals surface area contributed by atoms with Crippen LogP contribution < -0.4 is 11.1 Å². The molecule has 2 aliphatic rings. The Labute approximate surface area is 141 Å². The number of hydrogen-bond donors (Lipinski definition) is 2. The van der Waals surface area contributed by atoms with Crippen molar-refractivity contribution < 1.29 is 14.4 Å². The molecule has 3 N–H and O–H groups in total. The molecule has 1 heterocycles. The van der Waals surface area contributed by atoms with Gasteiger partial charge in [-0.05, 0) is 18.4 Å². The van der Waals surface area contributed by atoms with Crippen LogP contribution in [0, 0.1) is 5.92 Å². The van der Waals surface area contributed by atoms with Gasteiger partial charge in [0.25, 0.3) is 0 Å². The second kappa shape index (κ2) is 7.03. The van der Waals surface area contributed by atoms with Crippen molar-refractivity contribution in [3.63, 3.8) is 0 Å². The van der Waals surface area contributed by atoms with Crippen molar-refractivity contribution in [3.05, 3.63) is 35.9 Å².